The summed E-state index contributed by atoms with van der Waals surface area (Å²) in [5.41, 5.74) is 6.28. The highest BCUT2D eigenvalue weighted by Crippen LogP contribution is 2.43. The Morgan fingerprint density at radius 1 is 0.862 bits per heavy atom. The fraction of sp³-hybridized carbons (Fsp3) is 0.0833. The molecule has 0 fully saturated rings. The van der Waals surface area contributed by atoms with E-state index in [0.29, 0.717) is 5.82 Å². The van der Waals surface area contributed by atoms with Crippen molar-refractivity contribution in [1.82, 2.24) is 15.1 Å². The number of para-hydroxylation sites is 1. The molecule has 0 saturated heterocycles. The van der Waals surface area contributed by atoms with Crippen molar-refractivity contribution in [2.45, 2.75) is 13.0 Å². The van der Waals surface area contributed by atoms with Crippen molar-refractivity contribution < 1.29 is 4.79 Å². The molecule has 29 heavy (non-hydrogen) atoms. The molecule has 0 bridgehead atoms. The third-order valence-corrected chi connectivity index (χ3v) is 5.18. The predicted molar refractivity (Wildman–Crippen MR) is 114 cm³/mol. The lowest BCUT2D eigenvalue weighted by atomic mass is 10.1. The van der Waals surface area contributed by atoms with Gasteiger partial charge in [-0.25, -0.2) is 9.48 Å². The van der Waals surface area contributed by atoms with Crippen molar-refractivity contribution in [1.29, 1.82) is 0 Å². The van der Waals surface area contributed by atoms with E-state index in [-0.39, 0.29) is 12.1 Å². The maximum Gasteiger partial charge on any atom is 0.321 e. The summed E-state index contributed by atoms with van der Waals surface area (Å²) >= 11 is 0. The molecule has 2 N–H and O–H groups in total. The monoisotopic (exact) mass is 380 g/mol. The number of benzene rings is 3. The van der Waals surface area contributed by atoms with Crippen LogP contribution in [0.4, 0.5) is 10.6 Å². The summed E-state index contributed by atoms with van der Waals surface area (Å²) in [4.78, 5) is 12.9. The summed E-state index contributed by atoms with van der Waals surface area (Å²) in [6, 6.07) is 27.6. The molecule has 1 aliphatic carbocycles. The maximum atomic E-state index is 12.9. The number of carbonyl (C=O) groups excluding carboxylic acids is 1. The van der Waals surface area contributed by atoms with E-state index < -0.39 is 0 Å². The van der Waals surface area contributed by atoms with Crippen LogP contribution in [0.1, 0.15) is 22.9 Å². The Morgan fingerprint density at radius 2 is 1.45 bits per heavy atom. The number of aromatic nitrogens is 2. The van der Waals surface area contributed by atoms with E-state index in [0.717, 1.165) is 22.5 Å². The standard InChI is InChI=1S/C24H20N4O/c1-16-15-22(28(27-16)17-9-3-2-4-10-17)25-24(29)26-23-20-13-7-5-11-18(20)19-12-6-8-14-21(19)23/h2-15,23H,1H3,(H2,25,26,29). The molecular formula is C24H20N4O. The summed E-state index contributed by atoms with van der Waals surface area (Å²) in [5.74, 6) is 0.630. The van der Waals surface area contributed by atoms with Gasteiger partial charge >= 0.3 is 6.03 Å². The van der Waals surface area contributed by atoms with Crippen molar-refractivity contribution in [3.63, 3.8) is 0 Å². The number of rotatable bonds is 3. The highest BCUT2D eigenvalue weighted by atomic mass is 16.2. The smallest absolute Gasteiger partial charge is 0.321 e. The van der Waals surface area contributed by atoms with Crippen LogP contribution in [0, 0.1) is 6.92 Å². The summed E-state index contributed by atoms with van der Waals surface area (Å²) < 4.78 is 1.74. The highest BCUT2D eigenvalue weighted by molar-refractivity contribution is 5.91. The first-order valence-corrected chi connectivity index (χ1v) is 9.58. The van der Waals surface area contributed by atoms with Gasteiger partial charge in [0.15, 0.2) is 0 Å². The number of hydrogen-bond acceptors (Lipinski definition) is 2. The predicted octanol–water partition coefficient (Wildman–Crippen LogP) is 5.07. The van der Waals surface area contributed by atoms with Gasteiger partial charge in [0.2, 0.25) is 0 Å². The van der Waals surface area contributed by atoms with Gasteiger partial charge in [-0.15, -0.1) is 0 Å². The molecule has 1 aromatic heterocycles. The Labute approximate surface area is 169 Å². The minimum Gasteiger partial charge on any atom is -0.327 e. The Bertz CT molecular complexity index is 1150. The third kappa shape index (κ3) is 3.06. The SMILES string of the molecule is Cc1cc(NC(=O)NC2c3ccccc3-c3ccccc32)n(-c2ccccc2)n1. The second kappa shape index (κ2) is 6.95. The maximum absolute atomic E-state index is 12.9. The molecule has 0 radical (unpaired) electrons. The van der Waals surface area contributed by atoms with Gasteiger partial charge < -0.3 is 5.32 Å². The molecule has 0 aliphatic heterocycles. The second-order valence-corrected chi connectivity index (χ2v) is 7.12. The minimum atomic E-state index is -0.265. The quantitative estimate of drug-likeness (QED) is 0.521. The summed E-state index contributed by atoms with van der Waals surface area (Å²) in [5, 5.41) is 10.6. The van der Waals surface area contributed by atoms with Crippen LogP contribution in [0.3, 0.4) is 0 Å². The van der Waals surface area contributed by atoms with Gasteiger partial charge in [0.05, 0.1) is 17.4 Å². The number of anilines is 1. The van der Waals surface area contributed by atoms with Crippen molar-refractivity contribution in [2.24, 2.45) is 0 Å². The van der Waals surface area contributed by atoms with E-state index in [1.807, 2.05) is 67.6 Å². The van der Waals surface area contributed by atoms with Gasteiger partial charge in [-0.05, 0) is 41.3 Å². The topological polar surface area (TPSA) is 59.0 Å². The molecule has 5 heteroatoms. The molecule has 2 amide bonds. The lowest BCUT2D eigenvalue weighted by Crippen LogP contribution is -2.33. The van der Waals surface area contributed by atoms with Crippen LogP contribution < -0.4 is 10.6 Å². The van der Waals surface area contributed by atoms with Crippen LogP contribution in [-0.4, -0.2) is 15.8 Å². The first-order chi connectivity index (χ1) is 14.2. The van der Waals surface area contributed by atoms with E-state index in [2.05, 4.69) is 40.0 Å². The number of nitrogens with one attached hydrogen (secondary N) is 2. The molecule has 0 atom stereocenters. The first kappa shape index (κ1) is 17.3. The highest BCUT2D eigenvalue weighted by Gasteiger charge is 2.29. The second-order valence-electron chi connectivity index (χ2n) is 7.12. The normalized spacial score (nSPS) is 12.3. The number of aryl methyl sites for hydroxylation is 1. The zero-order valence-electron chi connectivity index (χ0n) is 16.0. The molecule has 3 aromatic carbocycles. The van der Waals surface area contributed by atoms with E-state index in [9.17, 15) is 4.79 Å². The number of carbonyl (C=O) groups is 1. The summed E-state index contributed by atoms with van der Waals surface area (Å²) in [7, 11) is 0. The average Bonchev–Trinajstić information content (AvgIpc) is 3.27. The van der Waals surface area contributed by atoms with Crippen LogP contribution >= 0.6 is 0 Å². The lowest BCUT2D eigenvalue weighted by Gasteiger charge is -2.17. The van der Waals surface area contributed by atoms with Crippen LogP contribution in [0.15, 0.2) is 84.9 Å². The van der Waals surface area contributed by atoms with Gasteiger partial charge in [0.25, 0.3) is 0 Å². The van der Waals surface area contributed by atoms with Gasteiger partial charge in [0, 0.05) is 6.07 Å². The van der Waals surface area contributed by atoms with E-state index in [1.54, 1.807) is 4.68 Å². The zero-order valence-corrected chi connectivity index (χ0v) is 16.0. The molecule has 5 rings (SSSR count). The fourth-order valence-corrected chi connectivity index (χ4v) is 3.95. The molecule has 5 nitrogen and oxygen atoms in total. The Morgan fingerprint density at radius 3 is 2.10 bits per heavy atom. The van der Waals surface area contributed by atoms with Crippen molar-refractivity contribution in [2.75, 3.05) is 5.32 Å². The van der Waals surface area contributed by atoms with Gasteiger partial charge in [-0.1, -0.05) is 66.7 Å². The van der Waals surface area contributed by atoms with Gasteiger partial charge in [-0.3, -0.25) is 5.32 Å². The van der Waals surface area contributed by atoms with Crippen molar-refractivity contribution >= 4 is 11.8 Å². The Balaban J connectivity index is 1.43. The number of fused-ring (bicyclic) bond motifs is 3. The molecule has 142 valence electrons. The summed E-state index contributed by atoms with van der Waals surface area (Å²) in [6.45, 7) is 1.91. The third-order valence-electron chi connectivity index (χ3n) is 5.18. The summed E-state index contributed by atoms with van der Waals surface area (Å²) in [6.07, 6.45) is 0. The average molecular weight is 380 g/mol. The molecule has 0 spiro atoms. The zero-order chi connectivity index (χ0) is 19.8. The molecule has 0 unspecified atom stereocenters. The van der Waals surface area contributed by atoms with Gasteiger partial charge in [0.1, 0.15) is 5.82 Å². The van der Waals surface area contributed by atoms with Crippen LogP contribution in [0.25, 0.3) is 16.8 Å². The van der Waals surface area contributed by atoms with E-state index in [4.69, 9.17) is 0 Å². The number of urea groups is 1. The Hall–Kier alpha value is -3.86. The molecule has 1 heterocycles. The van der Waals surface area contributed by atoms with Crippen LogP contribution in [0.5, 0.6) is 0 Å². The van der Waals surface area contributed by atoms with Crippen LogP contribution in [0.2, 0.25) is 0 Å². The largest absolute Gasteiger partial charge is 0.327 e. The minimum absolute atomic E-state index is 0.184. The van der Waals surface area contributed by atoms with Crippen molar-refractivity contribution in [3.8, 4) is 16.8 Å². The van der Waals surface area contributed by atoms with E-state index >= 15 is 0 Å². The molecule has 0 saturated carbocycles. The molecule has 1 aliphatic rings. The Kier molecular flexibility index (Phi) is 4.13. The van der Waals surface area contributed by atoms with Crippen molar-refractivity contribution in [3.05, 3.63) is 102 Å². The number of nitrogens with zero attached hydrogens (tertiary/aromatic N) is 2. The molecular weight excluding hydrogens is 360 g/mol. The number of hydrogen-bond donors (Lipinski definition) is 2. The van der Waals surface area contributed by atoms with Crippen LogP contribution in [-0.2, 0) is 0 Å². The van der Waals surface area contributed by atoms with E-state index in [1.165, 1.54) is 11.1 Å². The first-order valence-electron chi connectivity index (χ1n) is 9.58. The molecule has 4 aromatic rings. The number of amides is 2. The fourth-order valence-electron chi connectivity index (χ4n) is 3.95. The lowest BCUT2D eigenvalue weighted by molar-refractivity contribution is 0.250. The van der Waals surface area contributed by atoms with Gasteiger partial charge in [-0.2, -0.15) is 5.10 Å².